The van der Waals surface area contributed by atoms with E-state index in [4.69, 9.17) is 5.73 Å². The van der Waals surface area contributed by atoms with E-state index in [-0.39, 0.29) is 0 Å². The Morgan fingerprint density at radius 2 is 2.11 bits per heavy atom. The van der Waals surface area contributed by atoms with Gasteiger partial charge in [-0.3, -0.25) is 4.98 Å². The zero-order valence-corrected chi connectivity index (χ0v) is 11.4. The molecule has 2 aromatic rings. The van der Waals surface area contributed by atoms with Gasteiger partial charge in [0.15, 0.2) is 5.16 Å². The van der Waals surface area contributed by atoms with Crippen LogP contribution in [-0.2, 0) is 18.7 Å². The molecule has 1 aliphatic rings. The van der Waals surface area contributed by atoms with Crippen molar-refractivity contribution in [1.29, 1.82) is 0 Å². The molecule has 0 unspecified atom stereocenters. The van der Waals surface area contributed by atoms with Crippen molar-refractivity contribution in [1.82, 2.24) is 24.7 Å². The predicted octanol–water partition coefficient (Wildman–Crippen LogP) is 1.67. The molecule has 0 atom stereocenters. The largest absolute Gasteiger partial charge is 0.382 e. The van der Waals surface area contributed by atoms with Gasteiger partial charge in [0.05, 0.1) is 18.1 Å². The molecular weight excluding hydrogens is 260 g/mol. The normalized spacial score (nSPS) is 14.9. The number of fused-ring (bicyclic) bond motifs is 1. The van der Waals surface area contributed by atoms with Crippen molar-refractivity contribution >= 4 is 17.6 Å². The molecule has 0 aliphatic carbocycles. The number of aromatic nitrogens is 5. The van der Waals surface area contributed by atoms with Gasteiger partial charge in [-0.1, -0.05) is 18.2 Å². The molecule has 0 bridgehead atoms. The molecular formula is C12H16N6S. The van der Waals surface area contributed by atoms with Crippen LogP contribution in [0.2, 0.25) is 0 Å². The van der Waals surface area contributed by atoms with Crippen LogP contribution in [-0.4, -0.2) is 24.7 Å². The highest BCUT2D eigenvalue weighted by atomic mass is 32.2. The third-order valence-corrected chi connectivity index (χ3v) is 4.15. The first-order valence-electron chi connectivity index (χ1n) is 6.44. The average molecular weight is 276 g/mol. The Kier molecular flexibility index (Phi) is 3.63. The molecule has 2 N–H and O–H groups in total. The molecule has 3 heterocycles. The minimum Gasteiger partial charge on any atom is -0.382 e. The zero-order chi connectivity index (χ0) is 13.1. The Bertz CT molecular complexity index is 550. The van der Waals surface area contributed by atoms with Crippen LogP contribution in [0.15, 0.2) is 17.6 Å². The topological polar surface area (TPSA) is 82.5 Å². The summed E-state index contributed by atoms with van der Waals surface area (Å²) in [6, 6.07) is 0. The molecule has 6 nitrogen and oxygen atoms in total. The molecule has 3 rings (SSSR count). The van der Waals surface area contributed by atoms with Gasteiger partial charge in [0, 0.05) is 18.7 Å². The van der Waals surface area contributed by atoms with Gasteiger partial charge in [0.2, 0.25) is 0 Å². The molecule has 0 saturated heterocycles. The summed E-state index contributed by atoms with van der Waals surface area (Å²) in [6.07, 6.45) is 8.03. The number of rotatable bonds is 3. The fourth-order valence-electron chi connectivity index (χ4n) is 2.14. The van der Waals surface area contributed by atoms with Crippen LogP contribution in [0.3, 0.4) is 0 Å². The van der Waals surface area contributed by atoms with Gasteiger partial charge < -0.3 is 10.3 Å². The number of hydrogen-bond acceptors (Lipinski definition) is 6. The van der Waals surface area contributed by atoms with Gasteiger partial charge in [-0.2, -0.15) is 0 Å². The van der Waals surface area contributed by atoms with Crippen molar-refractivity contribution in [3.63, 3.8) is 0 Å². The lowest BCUT2D eigenvalue weighted by molar-refractivity contribution is 0.591. The molecule has 100 valence electrons. The molecule has 0 amide bonds. The number of thioether (sulfide) groups is 1. The first-order valence-corrected chi connectivity index (χ1v) is 7.43. The summed E-state index contributed by atoms with van der Waals surface area (Å²) in [6.45, 7) is 1.03. The molecule has 0 radical (unpaired) electrons. The maximum Gasteiger partial charge on any atom is 0.191 e. The third-order valence-electron chi connectivity index (χ3n) is 3.15. The van der Waals surface area contributed by atoms with E-state index >= 15 is 0 Å². The van der Waals surface area contributed by atoms with Crippen molar-refractivity contribution in [2.24, 2.45) is 0 Å². The molecule has 0 saturated carbocycles. The van der Waals surface area contributed by atoms with Crippen LogP contribution in [0.25, 0.3) is 0 Å². The van der Waals surface area contributed by atoms with Crippen LogP contribution in [0.1, 0.15) is 30.8 Å². The molecule has 0 aromatic carbocycles. The van der Waals surface area contributed by atoms with Gasteiger partial charge in [0.1, 0.15) is 11.6 Å². The smallest absolute Gasteiger partial charge is 0.191 e. The second-order valence-electron chi connectivity index (χ2n) is 4.58. The molecule has 0 spiro atoms. The van der Waals surface area contributed by atoms with E-state index in [0.29, 0.717) is 5.82 Å². The molecule has 7 heteroatoms. The zero-order valence-electron chi connectivity index (χ0n) is 10.6. The Balaban J connectivity index is 1.70. The summed E-state index contributed by atoms with van der Waals surface area (Å²) in [4.78, 5) is 8.28. The molecule has 1 aliphatic heterocycles. The van der Waals surface area contributed by atoms with Crippen molar-refractivity contribution in [3.05, 3.63) is 23.9 Å². The Morgan fingerprint density at radius 1 is 1.16 bits per heavy atom. The van der Waals surface area contributed by atoms with Gasteiger partial charge in [-0.05, 0) is 12.8 Å². The number of hydrogen-bond donors (Lipinski definition) is 1. The standard InChI is InChI=1S/C12H16N6S/c13-10-7-14-9(6-15-10)8-19-12-17-16-11-4-2-1-3-5-18(11)12/h6-7H,1-5,8H2,(H2,13,15). The second-order valence-corrected chi connectivity index (χ2v) is 5.52. The third kappa shape index (κ3) is 2.86. The fraction of sp³-hybridized carbons (Fsp3) is 0.500. The summed E-state index contributed by atoms with van der Waals surface area (Å²) >= 11 is 1.66. The predicted molar refractivity (Wildman–Crippen MR) is 73.6 cm³/mol. The van der Waals surface area contributed by atoms with Crippen LogP contribution in [0.4, 0.5) is 5.82 Å². The van der Waals surface area contributed by atoms with Crippen LogP contribution < -0.4 is 5.73 Å². The molecule has 19 heavy (non-hydrogen) atoms. The molecule has 2 aromatic heterocycles. The minimum absolute atomic E-state index is 0.449. The first kappa shape index (κ1) is 12.4. The number of nitrogen functional groups attached to an aromatic ring is 1. The maximum absolute atomic E-state index is 5.52. The second kappa shape index (κ2) is 5.56. The summed E-state index contributed by atoms with van der Waals surface area (Å²) in [5.41, 5.74) is 6.43. The summed E-state index contributed by atoms with van der Waals surface area (Å²) in [5, 5.41) is 9.54. The van der Waals surface area contributed by atoms with Gasteiger partial charge in [-0.25, -0.2) is 4.98 Å². The first-order chi connectivity index (χ1) is 9.33. The van der Waals surface area contributed by atoms with Gasteiger partial charge in [0.25, 0.3) is 0 Å². The number of aryl methyl sites for hydroxylation is 1. The highest BCUT2D eigenvalue weighted by Crippen LogP contribution is 2.24. The highest BCUT2D eigenvalue weighted by molar-refractivity contribution is 7.98. The SMILES string of the molecule is Nc1cnc(CSc2nnc3n2CCCCC3)cn1. The Labute approximate surface area is 115 Å². The van der Waals surface area contributed by atoms with Crippen molar-refractivity contribution in [2.75, 3.05) is 5.73 Å². The average Bonchev–Trinajstić information content (AvgIpc) is 2.66. The van der Waals surface area contributed by atoms with E-state index in [2.05, 4.69) is 24.7 Å². The maximum atomic E-state index is 5.52. The fourth-order valence-corrected chi connectivity index (χ4v) is 3.02. The van der Waals surface area contributed by atoms with Crippen molar-refractivity contribution in [2.45, 2.75) is 43.1 Å². The number of nitrogens with two attached hydrogens (primary N) is 1. The van der Waals surface area contributed by atoms with Crippen LogP contribution in [0, 0.1) is 0 Å². The van der Waals surface area contributed by atoms with Crippen LogP contribution in [0.5, 0.6) is 0 Å². The van der Waals surface area contributed by atoms with E-state index < -0.39 is 0 Å². The van der Waals surface area contributed by atoms with Crippen LogP contribution >= 0.6 is 11.8 Å². The van der Waals surface area contributed by atoms with Gasteiger partial charge >= 0.3 is 0 Å². The Hall–Kier alpha value is -1.63. The lowest BCUT2D eigenvalue weighted by atomic mass is 10.2. The van der Waals surface area contributed by atoms with E-state index in [1.165, 1.54) is 19.3 Å². The quantitative estimate of drug-likeness (QED) is 0.859. The van der Waals surface area contributed by atoms with E-state index in [1.807, 2.05) is 0 Å². The van der Waals surface area contributed by atoms with Crippen molar-refractivity contribution in [3.8, 4) is 0 Å². The highest BCUT2D eigenvalue weighted by Gasteiger charge is 2.15. The van der Waals surface area contributed by atoms with Crippen molar-refractivity contribution < 1.29 is 0 Å². The summed E-state index contributed by atoms with van der Waals surface area (Å²) in [7, 11) is 0. The van der Waals surface area contributed by atoms with Gasteiger partial charge in [-0.15, -0.1) is 10.2 Å². The molecule has 0 fully saturated rings. The summed E-state index contributed by atoms with van der Waals surface area (Å²) in [5.74, 6) is 2.30. The lowest BCUT2D eigenvalue weighted by Gasteiger charge is -2.05. The minimum atomic E-state index is 0.449. The monoisotopic (exact) mass is 276 g/mol. The Morgan fingerprint density at radius 3 is 2.95 bits per heavy atom. The summed E-state index contributed by atoms with van der Waals surface area (Å²) < 4.78 is 2.24. The van der Waals surface area contributed by atoms with E-state index in [1.54, 1.807) is 24.2 Å². The lowest BCUT2D eigenvalue weighted by Crippen LogP contribution is -2.02. The number of anilines is 1. The van der Waals surface area contributed by atoms with E-state index in [9.17, 15) is 0 Å². The number of nitrogens with zero attached hydrogens (tertiary/aromatic N) is 5. The van der Waals surface area contributed by atoms with E-state index in [0.717, 1.165) is 35.4 Å².